The van der Waals surface area contributed by atoms with Crippen molar-refractivity contribution >= 4 is 28.5 Å². The minimum absolute atomic E-state index is 0.000440. The van der Waals surface area contributed by atoms with Gasteiger partial charge >= 0.3 is 6.61 Å². The molecule has 2 atom stereocenters. The van der Waals surface area contributed by atoms with E-state index in [2.05, 4.69) is 23.3 Å². The van der Waals surface area contributed by atoms with Gasteiger partial charge in [-0.2, -0.15) is 8.78 Å². The highest BCUT2D eigenvalue weighted by atomic mass is 35.5. The molecule has 0 saturated carbocycles. The molecule has 3 aromatic rings. The van der Waals surface area contributed by atoms with Crippen molar-refractivity contribution in [3.05, 3.63) is 58.4 Å². The van der Waals surface area contributed by atoms with E-state index >= 15 is 0 Å². The first kappa shape index (κ1) is 17.2. The number of imidazole rings is 1. The molecule has 0 radical (unpaired) electrons. The molecule has 0 N–H and O–H groups in total. The molecular formula is C21H17ClF2N4O. The van der Waals surface area contributed by atoms with Crippen molar-refractivity contribution in [2.75, 3.05) is 0 Å². The number of amidine groups is 1. The minimum Gasteiger partial charge on any atom is -0.434 e. The normalized spacial score (nSPS) is 23.2. The van der Waals surface area contributed by atoms with Gasteiger partial charge in [0.05, 0.1) is 23.1 Å². The molecule has 148 valence electrons. The summed E-state index contributed by atoms with van der Waals surface area (Å²) in [5, 5.41) is 0.614. The van der Waals surface area contributed by atoms with Crippen LogP contribution >= 0.6 is 11.6 Å². The number of aromatic nitrogens is 2. The van der Waals surface area contributed by atoms with E-state index in [1.165, 1.54) is 0 Å². The number of rotatable bonds is 2. The molecule has 2 bridgehead atoms. The Labute approximate surface area is 170 Å². The van der Waals surface area contributed by atoms with Gasteiger partial charge in [-0.05, 0) is 38.1 Å². The maximum atomic E-state index is 13.2. The van der Waals surface area contributed by atoms with Crippen molar-refractivity contribution in [2.24, 2.45) is 4.99 Å². The smallest absolute Gasteiger partial charge is 0.387 e. The zero-order chi connectivity index (χ0) is 20.1. The third kappa shape index (κ3) is 2.19. The number of benzene rings is 2. The van der Waals surface area contributed by atoms with E-state index in [1.54, 1.807) is 12.1 Å². The summed E-state index contributed by atoms with van der Waals surface area (Å²) in [4.78, 5) is 11.9. The topological polar surface area (TPSA) is 42.7 Å². The van der Waals surface area contributed by atoms with Gasteiger partial charge < -0.3 is 14.2 Å². The van der Waals surface area contributed by atoms with Gasteiger partial charge in [-0.25, -0.2) is 9.98 Å². The number of fused-ring (bicyclic) bond motifs is 6. The molecule has 0 saturated heterocycles. The quantitative estimate of drug-likeness (QED) is 0.583. The second kappa shape index (κ2) is 5.48. The predicted octanol–water partition coefficient (Wildman–Crippen LogP) is 5.14. The second-order valence-electron chi connectivity index (χ2n) is 8.14. The lowest BCUT2D eigenvalue weighted by molar-refractivity contribution is -0.0506. The average molecular weight is 415 g/mol. The van der Waals surface area contributed by atoms with Crippen molar-refractivity contribution in [2.45, 2.75) is 44.6 Å². The van der Waals surface area contributed by atoms with Crippen LogP contribution in [0.4, 0.5) is 8.78 Å². The van der Waals surface area contributed by atoms with Gasteiger partial charge in [0.15, 0.2) is 0 Å². The van der Waals surface area contributed by atoms with E-state index in [-0.39, 0.29) is 17.8 Å². The molecule has 0 amide bonds. The molecule has 2 aromatic carbocycles. The highest BCUT2D eigenvalue weighted by Crippen LogP contribution is 2.54. The SMILES string of the molecule is CC1(C)N=C2c3cccc(OC(F)F)c3[C@H]3C[C@H](c4nc5ccc(Cl)cc5n43)N21. The summed E-state index contributed by atoms with van der Waals surface area (Å²) in [7, 11) is 0. The van der Waals surface area contributed by atoms with Crippen LogP contribution in [-0.2, 0) is 0 Å². The summed E-state index contributed by atoms with van der Waals surface area (Å²) in [6.45, 7) is 1.21. The molecule has 29 heavy (non-hydrogen) atoms. The van der Waals surface area contributed by atoms with Crippen LogP contribution < -0.4 is 4.74 Å². The van der Waals surface area contributed by atoms with Gasteiger partial charge in [0.1, 0.15) is 23.1 Å². The Bertz CT molecular complexity index is 1220. The lowest BCUT2D eigenvalue weighted by atomic mass is 9.96. The Morgan fingerprint density at radius 1 is 1.21 bits per heavy atom. The molecule has 3 aliphatic rings. The summed E-state index contributed by atoms with van der Waals surface area (Å²) in [6.07, 6.45) is 0.712. The van der Waals surface area contributed by atoms with Crippen LogP contribution in [0.2, 0.25) is 5.02 Å². The molecule has 3 aliphatic heterocycles. The molecule has 0 fully saturated rings. The number of halogens is 3. The van der Waals surface area contributed by atoms with Crippen molar-refractivity contribution in [3.8, 4) is 5.75 Å². The number of alkyl halides is 2. The third-order valence-electron chi connectivity index (χ3n) is 6.10. The maximum absolute atomic E-state index is 13.2. The van der Waals surface area contributed by atoms with Gasteiger partial charge in [-0.3, -0.25) is 0 Å². The van der Waals surface area contributed by atoms with Crippen molar-refractivity contribution in [3.63, 3.8) is 0 Å². The summed E-state index contributed by atoms with van der Waals surface area (Å²) >= 11 is 6.27. The van der Waals surface area contributed by atoms with Crippen LogP contribution in [0.3, 0.4) is 0 Å². The molecule has 5 nitrogen and oxygen atoms in total. The van der Waals surface area contributed by atoms with Gasteiger partial charge in [0.2, 0.25) is 0 Å². The fraction of sp³-hybridized carbons (Fsp3) is 0.333. The summed E-state index contributed by atoms with van der Waals surface area (Å²) in [5.74, 6) is 1.91. The lowest BCUT2D eigenvalue weighted by Crippen LogP contribution is -2.57. The predicted molar refractivity (Wildman–Crippen MR) is 106 cm³/mol. The van der Waals surface area contributed by atoms with E-state index in [4.69, 9.17) is 26.3 Å². The zero-order valence-electron chi connectivity index (χ0n) is 15.7. The van der Waals surface area contributed by atoms with Crippen LogP contribution in [0.25, 0.3) is 11.0 Å². The number of hydrogen-bond donors (Lipinski definition) is 0. The highest BCUT2D eigenvalue weighted by Gasteiger charge is 2.53. The minimum atomic E-state index is -2.90. The summed E-state index contributed by atoms with van der Waals surface area (Å²) in [5.41, 5.74) is 2.91. The Balaban J connectivity index is 1.68. The standard InChI is InChI=1S/C21H17ClF2N4O/c1-21(2)26-18-11-4-3-5-16(29-20(23)24)17(11)14-9-15(28(18)21)19-25-12-7-6-10(22)8-13(12)27(14)19/h3-8,14-15,20H,9H2,1-2H3/t14-,15-/m1/s1. The lowest BCUT2D eigenvalue weighted by Gasteiger charge is -2.49. The highest BCUT2D eigenvalue weighted by molar-refractivity contribution is 6.31. The first-order chi connectivity index (χ1) is 13.8. The molecule has 0 unspecified atom stereocenters. The van der Waals surface area contributed by atoms with E-state index < -0.39 is 12.3 Å². The molecule has 8 heteroatoms. The van der Waals surface area contributed by atoms with Gasteiger partial charge in [0, 0.05) is 22.6 Å². The van der Waals surface area contributed by atoms with Crippen LogP contribution in [0.15, 0.2) is 41.4 Å². The number of aliphatic imine (C=N–C) groups is 1. The summed E-state index contributed by atoms with van der Waals surface area (Å²) in [6, 6.07) is 10.7. The molecular weight excluding hydrogens is 398 g/mol. The largest absolute Gasteiger partial charge is 0.434 e. The number of ether oxygens (including phenoxy) is 1. The molecule has 6 rings (SSSR count). The van der Waals surface area contributed by atoms with Crippen LogP contribution in [0.5, 0.6) is 5.75 Å². The second-order valence-corrected chi connectivity index (χ2v) is 8.57. The first-order valence-corrected chi connectivity index (χ1v) is 9.87. The number of hydrogen-bond acceptors (Lipinski definition) is 4. The fourth-order valence-corrected chi connectivity index (χ4v) is 5.29. The van der Waals surface area contributed by atoms with Crippen molar-refractivity contribution in [1.29, 1.82) is 0 Å². The van der Waals surface area contributed by atoms with Gasteiger partial charge in [-0.1, -0.05) is 23.7 Å². The number of nitrogens with zero attached hydrogens (tertiary/aromatic N) is 4. The molecule has 4 heterocycles. The molecule has 0 spiro atoms. The van der Waals surface area contributed by atoms with E-state index in [0.717, 1.165) is 33.8 Å². The van der Waals surface area contributed by atoms with Crippen LogP contribution in [0.1, 0.15) is 49.3 Å². The van der Waals surface area contributed by atoms with Crippen molar-refractivity contribution < 1.29 is 13.5 Å². The monoisotopic (exact) mass is 414 g/mol. The van der Waals surface area contributed by atoms with E-state index in [1.807, 2.05) is 24.3 Å². The third-order valence-corrected chi connectivity index (χ3v) is 6.34. The van der Waals surface area contributed by atoms with Crippen molar-refractivity contribution in [1.82, 2.24) is 14.5 Å². The van der Waals surface area contributed by atoms with E-state index in [9.17, 15) is 8.78 Å². The Kier molecular flexibility index (Phi) is 3.25. The maximum Gasteiger partial charge on any atom is 0.387 e. The molecule has 0 aliphatic carbocycles. The van der Waals surface area contributed by atoms with Crippen LogP contribution in [0, 0.1) is 0 Å². The average Bonchev–Trinajstić information content (AvgIpc) is 3.13. The Hall–Kier alpha value is -2.67. The zero-order valence-corrected chi connectivity index (χ0v) is 16.5. The van der Waals surface area contributed by atoms with E-state index in [0.29, 0.717) is 11.4 Å². The molecule has 1 aromatic heterocycles. The first-order valence-electron chi connectivity index (χ1n) is 9.50. The Morgan fingerprint density at radius 2 is 2.03 bits per heavy atom. The van der Waals surface area contributed by atoms with Gasteiger partial charge in [0.25, 0.3) is 0 Å². The fourth-order valence-electron chi connectivity index (χ4n) is 5.12. The van der Waals surface area contributed by atoms with Crippen LogP contribution in [-0.4, -0.2) is 32.6 Å². The Morgan fingerprint density at radius 3 is 2.79 bits per heavy atom. The summed E-state index contributed by atoms with van der Waals surface area (Å²) < 4.78 is 33.4. The van der Waals surface area contributed by atoms with Gasteiger partial charge in [-0.15, -0.1) is 0 Å².